The molecular weight excluding hydrogens is 773 g/mol. The summed E-state index contributed by atoms with van der Waals surface area (Å²) < 4.78 is 2.42. The summed E-state index contributed by atoms with van der Waals surface area (Å²) in [4.78, 5) is 5.48. The minimum Gasteiger partial charge on any atom is -0.291 e. The molecule has 64 heavy (non-hydrogen) atoms. The third kappa shape index (κ3) is 5.49. The summed E-state index contributed by atoms with van der Waals surface area (Å²) in [5.74, 6) is 0. The summed E-state index contributed by atoms with van der Waals surface area (Å²) in [6.45, 7) is 2.05. The lowest BCUT2D eigenvalue weighted by Crippen LogP contribution is -1.94. The van der Waals surface area contributed by atoms with Crippen molar-refractivity contribution >= 4 is 98.3 Å². The van der Waals surface area contributed by atoms with Gasteiger partial charge in [-0.1, -0.05) is 194 Å². The Morgan fingerprint density at radius 3 is 1.70 bits per heavy atom. The van der Waals surface area contributed by atoms with E-state index in [1.807, 2.05) is 6.92 Å². The normalized spacial score (nSPS) is 12.3. The Kier molecular flexibility index (Phi) is 8.16. The third-order valence-corrected chi connectivity index (χ3v) is 13.4. The van der Waals surface area contributed by atoms with E-state index in [9.17, 15) is 0 Å². The Balaban J connectivity index is 1.10. The number of allylic oxidation sites excluding steroid dienone is 3. The quantitative estimate of drug-likeness (QED) is 0.0961. The van der Waals surface area contributed by atoms with Crippen LogP contribution in [0.5, 0.6) is 0 Å². The number of nitrogens with zero attached hydrogens (tertiary/aromatic N) is 2. The minimum atomic E-state index is 0.985. The molecule has 0 radical (unpaired) electrons. The maximum atomic E-state index is 5.48. The van der Waals surface area contributed by atoms with Crippen LogP contribution in [-0.2, 0) is 0 Å². The Morgan fingerprint density at radius 1 is 0.375 bits per heavy atom. The first-order valence-corrected chi connectivity index (χ1v) is 22.2. The van der Waals surface area contributed by atoms with Crippen LogP contribution in [0.3, 0.4) is 0 Å². The molecule has 2 nitrogen and oxygen atoms in total. The second-order valence-corrected chi connectivity index (χ2v) is 17.0. The Hall–Kier alpha value is -8.33. The minimum absolute atomic E-state index is 0.985. The molecule has 0 atom stereocenters. The van der Waals surface area contributed by atoms with Gasteiger partial charge >= 0.3 is 0 Å². The summed E-state index contributed by atoms with van der Waals surface area (Å²) >= 11 is 0. The topological polar surface area (TPSA) is 17.3 Å². The average Bonchev–Trinajstić information content (AvgIpc) is 3.77. The van der Waals surface area contributed by atoms with Crippen LogP contribution in [0, 0.1) is 0 Å². The van der Waals surface area contributed by atoms with E-state index < -0.39 is 0 Å². The monoisotopic (exact) mass is 812 g/mol. The molecule has 2 heterocycles. The molecule has 0 aliphatic heterocycles. The van der Waals surface area contributed by atoms with Gasteiger partial charge in [0.2, 0.25) is 0 Å². The molecule has 2 heteroatoms. The molecular formula is C62H40N2. The second-order valence-electron chi connectivity index (χ2n) is 17.0. The van der Waals surface area contributed by atoms with Crippen LogP contribution < -0.4 is 0 Å². The van der Waals surface area contributed by atoms with Crippen molar-refractivity contribution in [2.24, 2.45) is 0 Å². The van der Waals surface area contributed by atoms with Crippen molar-refractivity contribution in [3.63, 3.8) is 0 Å². The zero-order chi connectivity index (χ0) is 42.3. The summed E-state index contributed by atoms with van der Waals surface area (Å²) in [5, 5.41) is 15.8. The van der Waals surface area contributed by atoms with E-state index in [0.717, 1.165) is 27.6 Å². The molecule has 0 fully saturated rings. The van der Waals surface area contributed by atoms with Gasteiger partial charge in [-0.05, 0) is 125 Å². The third-order valence-electron chi connectivity index (χ3n) is 13.4. The number of imidazole rings is 1. The molecule has 0 aliphatic carbocycles. The van der Waals surface area contributed by atoms with Crippen LogP contribution in [0.15, 0.2) is 218 Å². The van der Waals surface area contributed by atoms with Crippen molar-refractivity contribution in [1.82, 2.24) is 9.38 Å². The van der Waals surface area contributed by atoms with Gasteiger partial charge < -0.3 is 0 Å². The molecule has 2 aromatic heterocycles. The number of hydrogen-bond acceptors (Lipinski definition) is 1. The average molecular weight is 813 g/mol. The highest BCUT2D eigenvalue weighted by Crippen LogP contribution is 2.46. The van der Waals surface area contributed by atoms with E-state index in [4.69, 9.17) is 4.98 Å². The maximum Gasteiger partial charge on any atom is 0.146 e. The second kappa shape index (κ2) is 14.4. The Bertz CT molecular complexity index is 4140. The van der Waals surface area contributed by atoms with Crippen LogP contribution in [0.25, 0.3) is 132 Å². The number of rotatable bonds is 5. The molecule has 0 bridgehead atoms. The predicted molar refractivity (Wildman–Crippen MR) is 275 cm³/mol. The van der Waals surface area contributed by atoms with Gasteiger partial charge in [-0.15, -0.1) is 0 Å². The zero-order valence-electron chi connectivity index (χ0n) is 35.3. The molecule has 11 aromatic carbocycles. The Morgan fingerprint density at radius 2 is 0.938 bits per heavy atom. The lowest BCUT2D eigenvalue weighted by molar-refractivity contribution is 1.32. The molecule has 0 spiro atoms. The van der Waals surface area contributed by atoms with Gasteiger partial charge in [0.15, 0.2) is 0 Å². The van der Waals surface area contributed by atoms with E-state index in [1.165, 1.54) is 104 Å². The fraction of sp³-hybridized carbons (Fsp3) is 0.0161. The van der Waals surface area contributed by atoms with Crippen molar-refractivity contribution in [3.05, 3.63) is 224 Å². The van der Waals surface area contributed by atoms with Crippen LogP contribution in [0.2, 0.25) is 0 Å². The first-order chi connectivity index (χ1) is 31.7. The number of aromatic nitrogens is 2. The van der Waals surface area contributed by atoms with Gasteiger partial charge in [0.05, 0.1) is 16.6 Å². The van der Waals surface area contributed by atoms with Crippen molar-refractivity contribution in [2.75, 3.05) is 0 Å². The van der Waals surface area contributed by atoms with Gasteiger partial charge in [-0.3, -0.25) is 4.40 Å². The summed E-state index contributed by atoms with van der Waals surface area (Å²) in [6, 6.07) is 74.0. The van der Waals surface area contributed by atoms with Crippen molar-refractivity contribution in [2.45, 2.75) is 6.92 Å². The fourth-order valence-corrected chi connectivity index (χ4v) is 10.6. The van der Waals surface area contributed by atoms with Crippen LogP contribution in [0.4, 0.5) is 0 Å². The molecule has 0 saturated carbocycles. The highest BCUT2D eigenvalue weighted by Gasteiger charge is 2.21. The molecule has 13 rings (SSSR count). The standard InChI is InChI=1S/C62H40N2/c1-2-3-4-16-39-17-15-20-44(35-39)58-49-24-10-11-25-50(49)59(45-30-29-40-18-5-6-19-41(40)36-45)56-38-42(31-33-51(56)58)43-32-34-57-55(37-43)48-23-9-14-28-54(48)62-63-60-52-26-12-7-21-46(52)47-22-8-13-27-53(47)61(60)64(57)62/h2-38H,1H3/b3-2-,16-4-. The largest absolute Gasteiger partial charge is 0.291 e. The van der Waals surface area contributed by atoms with Crippen molar-refractivity contribution in [1.29, 1.82) is 0 Å². The van der Waals surface area contributed by atoms with E-state index in [-0.39, 0.29) is 0 Å². The fourth-order valence-electron chi connectivity index (χ4n) is 10.6. The van der Waals surface area contributed by atoms with E-state index in [2.05, 4.69) is 229 Å². The highest BCUT2D eigenvalue weighted by molar-refractivity contribution is 6.27. The van der Waals surface area contributed by atoms with Gasteiger partial charge in [-0.25, -0.2) is 4.98 Å². The lowest BCUT2D eigenvalue weighted by atomic mass is 9.84. The van der Waals surface area contributed by atoms with Gasteiger partial charge in [-0.2, -0.15) is 0 Å². The molecule has 0 unspecified atom stereocenters. The van der Waals surface area contributed by atoms with Crippen LogP contribution in [0.1, 0.15) is 12.5 Å². The molecule has 298 valence electrons. The van der Waals surface area contributed by atoms with Crippen LogP contribution in [-0.4, -0.2) is 9.38 Å². The lowest BCUT2D eigenvalue weighted by Gasteiger charge is -2.19. The molecule has 0 saturated heterocycles. The van der Waals surface area contributed by atoms with E-state index in [1.54, 1.807) is 0 Å². The predicted octanol–water partition coefficient (Wildman–Crippen LogP) is 17.2. The molecule has 0 amide bonds. The van der Waals surface area contributed by atoms with Crippen LogP contribution >= 0.6 is 0 Å². The highest BCUT2D eigenvalue weighted by atomic mass is 15.0. The van der Waals surface area contributed by atoms with Crippen molar-refractivity contribution in [3.8, 4) is 33.4 Å². The molecule has 13 aromatic rings. The summed E-state index contributed by atoms with van der Waals surface area (Å²) in [7, 11) is 0. The molecule has 0 N–H and O–H groups in total. The summed E-state index contributed by atoms with van der Waals surface area (Å²) in [5.41, 5.74) is 12.8. The van der Waals surface area contributed by atoms with Gasteiger partial charge in [0.25, 0.3) is 0 Å². The van der Waals surface area contributed by atoms with Gasteiger partial charge in [0, 0.05) is 21.5 Å². The van der Waals surface area contributed by atoms with Crippen molar-refractivity contribution < 1.29 is 0 Å². The maximum absolute atomic E-state index is 5.48. The summed E-state index contributed by atoms with van der Waals surface area (Å²) in [6.07, 6.45) is 8.44. The van der Waals surface area contributed by atoms with Gasteiger partial charge in [0.1, 0.15) is 5.65 Å². The zero-order valence-corrected chi connectivity index (χ0v) is 35.3. The number of fused-ring (bicyclic) bond motifs is 16. The number of hydrogen-bond donors (Lipinski definition) is 0. The van der Waals surface area contributed by atoms with E-state index >= 15 is 0 Å². The number of benzene rings is 11. The van der Waals surface area contributed by atoms with E-state index in [0.29, 0.717) is 0 Å². The Labute approximate surface area is 370 Å². The number of pyridine rings is 1. The molecule has 0 aliphatic rings. The SMILES string of the molecule is C/C=C\C=C/c1cccc(-c2c3ccccc3c(-c3ccc4ccccc4c3)c3cc(-c4ccc5c(c4)c4ccccc4c4nc6c7ccccc7c7ccccc7c6n54)ccc23)c1. The first-order valence-electron chi connectivity index (χ1n) is 22.2. The smallest absolute Gasteiger partial charge is 0.146 e. The first kappa shape index (κ1) is 36.3.